The van der Waals surface area contributed by atoms with Crippen LogP contribution in [0.1, 0.15) is 37.5 Å². The monoisotopic (exact) mass is 376 g/mol. The van der Waals surface area contributed by atoms with Crippen molar-refractivity contribution in [2.24, 2.45) is 0 Å². The molecule has 2 aliphatic rings. The van der Waals surface area contributed by atoms with Crippen molar-refractivity contribution in [3.05, 3.63) is 81.4 Å². The van der Waals surface area contributed by atoms with Gasteiger partial charge in [0.1, 0.15) is 5.75 Å². The second-order valence-electron chi connectivity index (χ2n) is 8.05. The van der Waals surface area contributed by atoms with Crippen LogP contribution in [-0.4, -0.2) is 17.7 Å². The highest BCUT2D eigenvalue weighted by atomic mass is 16.6. The second-order valence-corrected chi connectivity index (χ2v) is 8.05. The van der Waals surface area contributed by atoms with Gasteiger partial charge in [0, 0.05) is 36.0 Å². The molecule has 0 aliphatic carbocycles. The molecule has 0 aromatic heterocycles. The number of nitro groups is 1. The van der Waals surface area contributed by atoms with E-state index in [9.17, 15) is 10.1 Å². The van der Waals surface area contributed by atoms with Crippen molar-refractivity contribution in [2.45, 2.75) is 38.3 Å². The van der Waals surface area contributed by atoms with E-state index < -0.39 is 5.72 Å². The van der Waals surface area contributed by atoms with Gasteiger partial charge in [-0.1, -0.05) is 24.3 Å². The molecular weight excluding hydrogens is 352 g/mol. The number of nitrogens with zero attached hydrogens (tertiary/aromatic N) is 2. The average molecular weight is 376 g/mol. The third-order valence-electron chi connectivity index (χ3n) is 6.17. The van der Waals surface area contributed by atoms with Crippen molar-refractivity contribution in [1.29, 1.82) is 0 Å². The average Bonchev–Trinajstić information content (AvgIpc) is 2.82. The Morgan fingerprint density at radius 1 is 1.29 bits per heavy atom. The molecule has 0 bridgehead atoms. The van der Waals surface area contributed by atoms with Gasteiger partial charge < -0.3 is 9.64 Å². The van der Waals surface area contributed by atoms with Crippen molar-refractivity contribution in [3.8, 4) is 5.75 Å². The zero-order valence-corrected chi connectivity index (χ0v) is 16.7. The molecule has 0 N–H and O–H groups in total. The SMILES string of the molecule is C=CCc1cc([N+](=O)[O-])cc2c1OC1(C(C)=C2)N(C)c2ccccc2C1(C)C. The first kappa shape index (κ1) is 18.3. The smallest absolute Gasteiger partial charge is 0.270 e. The number of hydrogen-bond donors (Lipinski definition) is 0. The van der Waals surface area contributed by atoms with Gasteiger partial charge in [-0.15, -0.1) is 6.58 Å². The molecule has 2 aromatic rings. The molecule has 5 heteroatoms. The molecule has 144 valence electrons. The molecule has 2 aliphatic heterocycles. The molecule has 5 nitrogen and oxygen atoms in total. The number of fused-ring (bicyclic) bond motifs is 2. The fourth-order valence-corrected chi connectivity index (χ4v) is 4.92. The van der Waals surface area contributed by atoms with E-state index in [1.54, 1.807) is 18.2 Å². The van der Waals surface area contributed by atoms with Crippen molar-refractivity contribution < 1.29 is 9.66 Å². The summed E-state index contributed by atoms with van der Waals surface area (Å²) in [7, 11) is 2.05. The predicted molar refractivity (Wildman–Crippen MR) is 112 cm³/mol. The number of anilines is 1. The Morgan fingerprint density at radius 3 is 2.64 bits per heavy atom. The number of ether oxygens (including phenoxy) is 1. The van der Waals surface area contributed by atoms with Gasteiger partial charge in [0.2, 0.25) is 5.72 Å². The number of likely N-dealkylation sites (N-methyl/N-ethyl adjacent to an activating group) is 1. The summed E-state index contributed by atoms with van der Waals surface area (Å²) >= 11 is 0. The number of non-ortho nitro benzene ring substituents is 1. The number of para-hydroxylation sites is 1. The fraction of sp³-hybridized carbons (Fsp3) is 0.304. The minimum atomic E-state index is -0.699. The largest absolute Gasteiger partial charge is 0.462 e. The number of benzene rings is 2. The Kier molecular flexibility index (Phi) is 3.89. The van der Waals surface area contributed by atoms with E-state index in [0.717, 1.165) is 22.4 Å². The molecule has 0 saturated carbocycles. The molecule has 0 amide bonds. The minimum Gasteiger partial charge on any atom is -0.462 e. The lowest BCUT2D eigenvalue weighted by molar-refractivity contribution is -0.385. The van der Waals surface area contributed by atoms with Crippen LogP contribution in [-0.2, 0) is 11.8 Å². The summed E-state index contributed by atoms with van der Waals surface area (Å²) in [6, 6.07) is 11.5. The van der Waals surface area contributed by atoms with Crippen LogP contribution in [0.3, 0.4) is 0 Å². The van der Waals surface area contributed by atoms with Crippen LogP contribution in [0.5, 0.6) is 5.75 Å². The summed E-state index contributed by atoms with van der Waals surface area (Å²) in [5.41, 5.74) is 3.96. The van der Waals surface area contributed by atoms with Crippen molar-refractivity contribution in [2.75, 3.05) is 11.9 Å². The third-order valence-corrected chi connectivity index (χ3v) is 6.17. The van der Waals surface area contributed by atoms with Gasteiger partial charge in [0.15, 0.2) is 0 Å². The van der Waals surface area contributed by atoms with Gasteiger partial charge in [-0.05, 0) is 50.5 Å². The van der Waals surface area contributed by atoms with Gasteiger partial charge in [0.25, 0.3) is 5.69 Å². The standard InChI is InChI=1S/C23H24N2O3/c1-6-9-16-13-18(25(26)27)14-17-12-15(2)23(28-21(16)17)22(3,4)19-10-7-8-11-20(19)24(23)5/h6-8,10-14H,1,9H2,2-5H3. The van der Waals surface area contributed by atoms with E-state index in [1.165, 1.54) is 5.56 Å². The maximum atomic E-state index is 11.4. The van der Waals surface area contributed by atoms with Gasteiger partial charge in [-0.25, -0.2) is 0 Å². The summed E-state index contributed by atoms with van der Waals surface area (Å²) < 4.78 is 6.81. The zero-order valence-electron chi connectivity index (χ0n) is 16.7. The first-order valence-corrected chi connectivity index (χ1v) is 9.37. The number of nitro benzene ring substituents is 1. The molecule has 4 rings (SSSR count). The molecule has 0 radical (unpaired) electrons. The van der Waals surface area contributed by atoms with Gasteiger partial charge in [-0.2, -0.15) is 0 Å². The zero-order chi connectivity index (χ0) is 20.3. The van der Waals surface area contributed by atoms with E-state index >= 15 is 0 Å². The lowest BCUT2D eigenvalue weighted by Crippen LogP contribution is -2.60. The molecule has 2 aromatic carbocycles. The fourth-order valence-electron chi connectivity index (χ4n) is 4.92. The normalized spacial score (nSPS) is 21.6. The van der Waals surface area contributed by atoms with E-state index in [2.05, 4.69) is 50.6 Å². The maximum Gasteiger partial charge on any atom is 0.270 e. The summed E-state index contributed by atoms with van der Waals surface area (Å²) in [4.78, 5) is 13.2. The molecule has 0 fully saturated rings. The summed E-state index contributed by atoms with van der Waals surface area (Å²) in [6.07, 6.45) is 4.28. The van der Waals surface area contributed by atoms with Gasteiger partial charge in [0.05, 0.1) is 10.3 Å². The highest BCUT2D eigenvalue weighted by Gasteiger charge is 2.60. The van der Waals surface area contributed by atoms with Crippen LogP contribution in [0, 0.1) is 10.1 Å². The Labute approximate surface area is 165 Å². The molecule has 1 spiro atoms. The van der Waals surface area contributed by atoms with Gasteiger partial charge in [-0.3, -0.25) is 10.1 Å². The Bertz CT molecular complexity index is 1040. The van der Waals surface area contributed by atoms with E-state index in [-0.39, 0.29) is 16.0 Å². The first-order chi connectivity index (χ1) is 13.2. The quantitative estimate of drug-likeness (QED) is 0.417. The van der Waals surface area contributed by atoms with E-state index in [1.807, 2.05) is 19.1 Å². The van der Waals surface area contributed by atoms with Crippen LogP contribution >= 0.6 is 0 Å². The van der Waals surface area contributed by atoms with Crippen LogP contribution in [0.4, 0.5) is 11.4 Å². The lowest BCUT2D eigenvalue weighted by atomic mass is 9.73. The third kappa shape index (κ3) is 2.19. The first-order valence-electron chi connectivity index (χ1n) is 9.37. The van der Waals surface area contributed by atoms with Crippen molar-refractivity contribution in [3.63, 3.8) is 0 Å². The number of allylic oxidation sites excluding steroid dienone is 1. The molecule has 2 heterocycles. The molecule has 28 heavy (non-hydrogen) atoms. The van der Waals surface area contributed by atoms with Crippen LogP contribution in [0.25, 0.3) is 6.08 Å². The Morgan fingerprint density at radius 2 is 2.00 bits per heavy atom. The maximum absolute atomic E-state index is 11.4. The van der Waals surface area contributed by atoms with Crippen molar-refractivity contribution >= 4 is 17.5 Å². The molecular formula is C23H24N2O3. The Balaban J connectivity index is 1.96. The van der Waals surface area contributed by atoms with Gasteiger partial charge >= 0.3 is 0 Å². The summed E-state index contributed by atoms with van der Waals surface area (Å²) in [5, 5.41) is 11.4. The van der Waals surface area contributed by atoms with Crippen molar-refractivity contribution in [1.82, 2.24) is 0 Å². The highest BCUT2D eigenvalue weighted by Crippen LogP contribution is 2.57. The second kappa shape index (κ2) is 5.96. The van der Waals surface area contributed by atoms with E-state index in [0.29, 0.717) is 12.2 Å². The number of hydrogen-bond acceptors (Lipinski definition) is 4. The molecule has 1 unspecified atom stereocenters. The predicted octanol–water partition coefficient (Wildman–Crippen LogP) is 5.24. The number of rotatable bonds is 3. The Hall–Kier alpha value is -3.08. The minimum absolute atomic E-state index is 0.0709. The van der Waals surface area contributed by atoms with Crippen LogP contribution in [0.15, 0.2) is 54.6 Å². The molecule has 1 atom stereocenters. The summed E-state index contributed by atoms with van der Waals surface area (Å²) in [5.74, 6) is 0.698. The highest BCUT2D eigenvalue weighted by molar-refractivity contribution is 5.76. The van der Waals surface area contributed by atoms with Crippen LogP contribution < -0.4 is 9.64 Å². The lowest BCUT2D eigenvalue weighted by Gasteiger charge is -2.49. The van der Waals surface area contributed by atoms with E-state index in [4.69, 9.17) is 4.74 Å². The molecule has 0 saturated heterocycles. The van der Waals surface area contributed by atoms with Crippen LogP contribution in [0.2, 0.25) is 0 Å². The topological polar surface area (TPSA) is 55.6 Å². The summed E-state index contributed by atoms with van der Waals surface area (Å²) in [6.45, 7) is 10.2.